The molecule has 1 heterocycles. The first-order valence-corrected chi connectivity index (χ1v) is 7.45. The minimum atomic E-state index is -4.72. The van der Waals surface area contributed by atoms with Crippen molar-refractivity contribution in [2.45, 2.75) is 11.9 Å². The minimum absolute atomic E-state index is 0.158. The van der Waals surface area contributed by atoms with Gasteiger partial charge in [-0.2, -0.15) is 0 Å². The van der Waals surface area contributed by atoms with E-state index >= 15 is 0 Å². The fraction of sp³-hybridized carbons (Fsp3) is 0.0833. The molecular weight excluding hydrogens is 318 g/mol. The molecular formula is C12H10ClN3O4S. The van der Waals surface area contributed by atoms with Gasteiger partial charge in [-0.15, -0.1) is 0 Å². The van der Waals surface area contributed by atoms with E-state index in [1.54, 1.807) is 24.3 Å². The molecule has 0 radical (unpaired) electrons. The Kier molecular flexibility index (Phi) is 4.21. The van der Waals surface area contributed by atoms with Crippen molar-refractivity contribution in [1.82, 2.24) is 5.10 Å². The molecule has 0 aliphatic carbocycles. The highest BCUT2D eigenvalue weighted by atomic mass is 35.5. The number of halogens is 1. The van der Waals surface area contributed by atoms with E-state index < -0.39 is 15.1 Å². The molecule has 9 heteroatoms. The summed E-state index contributed by atoms with van der Waals surface area (Å²) in [6, 6.07) is 7.71. The lowest BCUT2D eigenvalue weighted by molar-refractivity contribution is -0.664. The molecule has 0 spiro atoms. The first-order valence-electron chi connectivity index (χ1n) is 5.66. The summed E-state index contributed by atoms with van der Waals surface area (Å²) in [5.74, 6) is 0. The Morgan fingerprint density at radius 3 is 2.52 bits per heavy atom. The molecule has 0 aliphatic rings. The van der Waals surface area contributed by atoms with Gasteiger partial charge in [0.25, 0.3) is 5.69 Å². The Balaban J connectivity index is 2.75. The van der Waals surface area contributed by atoms with Crippen molar-refractivity contribution in [1.29, 1.82) is 0 Å². The maximum Gasteiger partial charge on any atom is 0.260 e. The summed E-state index contributed by atoms with van der Waals surface area (Å²) in [6.45, 7) is 1.43. The Hall–Kier alpha value is -2.03. The first-order chi connectivity index (χ1) is 9.82. The zero-order valence-corrected chi connectivity index (χ0v) is 12.3. The normalized spacial score (nSPS) is 12.0. The third-order valence-corrected chi connectivity index (χ3v) is 3.76. The van der Waals surface area contributed by atoms with E-state index in [0.29, 0.717) is 16.4 Å². The Labute approximate surface area is 125 Å². The van der Waals surface area contributed by atoms with E-state index in [1.807, 2.05) is 0 Å². The quantitative estimate of drug-likeness (QED) is 0.298. The van der Waals surface area contributed by atoms with Crippen LogP contribution in [0, 0.1) is 6.92 Å². The van der Waals surface area contributed by atoms with Crippen molar-refractivity contribution in [2.75, 3.05) is 0 Å². The number of nitrogens with zero attached hydrogens (tertiary/aromatic N) is 3. The first kappa shape index (κ1) is 15.4. The molecule has 0 unspecified atom stereocenters. The maximum absolute atomic E-state index is 11.2. The van der Waals surface area contributed by atoms with Crippen molar-refractivity contribution in [2.24, 2.45) is 5.16 Å². The van der Waals surface area contributed by atoms with Crippen LogP contribution in [0.4, 0.5) is 0 Å². The van der Waals surface area contributed by atoms with Crippen molar-refractivity contribution < 1.29 is 22.9 Å². The van der Waals surface area contributed by atoms with Gasteiger partial charge in [0.05, 0.1) is 0 Å². The van der Waals surface area contributed by atoms with Crippen molar-refractivity contribution >= 4 is 27.9 Å². The predicted molar refractivity (Wildman–Crippen MR) is 72.9 cm³/mol. The lowest BCUT2D eigenvalue weighted by Crippen LogP contribution is -2.41. The maximum atomic E-state index is 11.2. The van der Waals surface area contributed by atoms with E-state index in [0.717, 1.165) is 6.21 Å². The average Bonchev–Trinajstić information content (AvgIpc) is 2.39. The van der Waals surface area contributed by atoms with Crippen LogP contribution >= 0.6 is 11.6 Å². The summed E-state index contributed by atoms with van der Waals surface area (Å²) in [5, 5.41) is 15.3. The monoisotopic (exact) mass is 327 g/mol. The van der Waals surface area contributed by atoms with Gasteiger partial charge in [0.1, 0.15) is 16.3 Å². The zero-order chi connectivity index (χ0) is 15.6. The molecule has 1 N–H and O–H groups in total. The molecule has 0 atom stereocenters. The summed E-state index contributed by atoms with van der Waals surface area (Å²) >= 11 is 5.79. The van der Waals surface area contributed by atoms with E-state index in [2.05, 4.69) is 10.3 Å². The smallest absolute Gasteiger partial charge is 0.260 e. The second-order valence-electron chi connectivity index (χ2n) is 4.14. The molecule has 2 rings (SSSR count). The van der Waals surface area contributed by atoms with E-state index in [1.165, 1.54) is 17.7 Å². The second kappa shape index (κ2) is 5.76. The highest BCUT2D eigenvalue weighted by Crippen LogP contribution is 2.13. The van der Waals surface area contributed by atoms with Crippen LogP contribution in [0.2, 0.25) is 5.02 Å². The number of aryl methyl sites for hydroxylation is 1. The summed E-state index contributed by atoms with van der Waals surface area (Å²) in [7, 11) is -4.72. The largest absolute Gasteiger partial charge is 0.743 e. The molecule has 7 nitrogen and oxygen atoms in total. The second-order valence-corrected chi connectivity index (χ2v) is 5.88. The minimum Gasteiger partial charge on any atom is -0.743 e. The van der Waals surface area contributed by atoms with Crippen LogP contribution in [-0.4, -0.2) is 29.5 Å². The number of benzene rings is 1. The van der Waals surface area contributed by atoms with Crippen molar-refractivity contribution in [3.63, 3.8) is 0 Å². The van der Waals surface area contributed by atoms with Crippen LogP contribution in [0.15, 0.2) is 40.5 Å². The topological polar surface area (TPSA) is 107 Å². The van der Waals surface area contributed by atoms with E-state index in [-0.39, 0.29) is 5.56 Å². The SMILES string of the molecule is Cc1cc(/C=N/O)[n+](-c2ccc(Cl)cc2)nc1S(=O)(=O)[O-]. The third kappa shape index (κ3) is 3.35. The number of aromatic nitrogens is 2. The number of rotatable bonds is 3. The van der Waals surface area contributed by atoms with Crippen LogP contribution in [0.25, 0.3) is 5.69 Å². The molecule has 2 aromatic rings. The van der Waals surface area contributed by atoms with Crippen LogP contribution in [0.1, 0.15) is 11.3 Å². The number of hydrogen-bond donors (Lipinski definition) is 1. The van der Waals surface area contributed by atoms with E-state index in [9.17, 15) is 13.0 Å². The Bertz CT molecular complexity index is 804. The van der Waals surface area contributed by atoms with Gasteiger partial charge in [0.2, 0.25) is 10.7 Å². The Morgan fingerprint density at radius 2 is 2.00 bits per heavy atom. The van der Waals surface area contributed by atoms with Gasteiger partial charge in [-0.1, -0.05) is 16.8 Å². The highest BCUT2D eigenvalue weighted by molar-refractivity contribution is 7.85. The van der Waals surface area contributed by atoms with Gasteiger partial charge < -0.3 is 9.76 Å². The fourth-order valence-electron chi connectivity index (χ4n) is 1.76. The lowest BCUT2D eigenvalue weighted by Gasteiger charge is -2.08. The van der Waals surface area contributed by atoms with Crippen LogP contribution in [-0.2, 0) is 10.1 Å². The Morgan fingerprint density at radius 1 is 1.38 bits per heavy atom. The molecule has 0 bridgehead atoms. The summed E-state index contributed by atoms with van der Waals surface area (Å²) in [4.78, 5) is 0. The molecule has 21 heavy (non-hydrogen) atoms. The predicted octanol–water partition coefficient (Wildman–Crippen LogP) is 1.03. The number of oxime groups is 1. The van der Waals surface area contributed by atoms with Gasteiger partial charge in [-0.3, -0.25) is 0 Å². The molecule has 0 saturated heterocycles. The van der Waals surface area contributed by atoms with Gasteiger partial charge in [-0.25, -0.2) is 8.42 Å². The standard InChI is InChI=1S/C12H10ClN3O4S/c1-8-6-11(7-14-17)16(15-12(8)21(18,19)20)10-4-2-9(13)3-5-10/h2-7H,1H3,(H,18,19,20). The molecule has 1 aromatic heterocycles. The fourth-order valence-corrected chi connectivity index (χ4v) is 2.52. The van der Waals surface area contributed by atoms with Crippen molar-refractivity contribution in [3.8, 4) is 5.69 Å². The van der Waals surface area contributed by atoms with Gasteiger partial charge in [-0.05, 0) is 29.3 Å². The van der Waals surface area contributed by atoms with Crippen molar-refractivity contribution in [3.05, 3.63) is 46.6 Å². The third-order valence-electron chi connectivity index (χ3n) is 2.64. The molecule has 0 fully saturated rings. The van der Waals surface area contributed by atoms with E-state index in [4.69, 9.17) is 16.8 Å². The van der Waals surface area contributed by atoms with Gasteiger partial charge in [0.15, 0.2) is 0 Å². The summed E-state index contributed by atoms with van der Waals surface area (Å²) in [5.41, 5.74) is 0.911. The molecule has 0 amide bonds. The molecule has 110 valence electrons. The van der Waals surface area contributed by atoms with Gasteiger partial charge in [0, 0.05) is 28.3 Å². The average molecular weight is 328 g/mol. The van der Waals surface area contributed by atoms with Crippen LogP contribution in [0.3, 0.4) is 0 Å². The lowest BCUT2D eigenvalue weighted by atomic mass is 10.2. The molecule has 0 aliphatic heterocycles. The van der Waals surface area contributed by atoms with Crippen LogP contribution in [0.5, 0.6) is 0 Å². The zero-order valence-electron chi connectivity index (χ0n) is 10.8. The van der Waals surface area contributed by atoms with Crippen LogP contribution < -0.4 is 4.68 Å². The van der Waals surface area contributed by atoms with Gasteiger partial charge >= 0.3 is 0 Å². The summed E-state index contributed by atoms with van der Waals surface area (Å²) < 4.78 is 34.8. The molecule has 1 aromatic carbocycles. The number of hydrogen-bond acceptors (Lipinski definition) is 6. The summed E-state index contributed by atoms with van der Waals surface area (Å²) in [6.07, 6.45) is 1.08. The molecule has 0 saturated carbocycles. The highest BCUT2D eigenvalue weighted by Gasteiger charge is 2.22.